The number of aliphatic hydroxyl groups is 1. The van der Waals surface area contributed by atoms with Gasteiger partial charge in [0.25, 0.3) is 5.91 Å². The third kappa shape index (κ3) is 3.89. The zero-order valence-electron chi connectivity index (χ0n) is 21.4. The van der Waals surface area contributed by atoms with Crippen molar-refractivity contribution in [3.8, 4) is 0 Å². The number of piperidine rings is 1. The van der Waals surface area contributed by atoms with Crippen LogP contribution in [0.4, 0.5) is 9.18 Å². The van der Waals surface area contributed by atoms with Crippen LogP contribution in [-0.2, 0) is 17.9 Å². The van der Waals surface area contributed by atoms with Gasteiger partial charge in [0.15, 0.2) is 0 Å². The Bertz CT molecular complexity index is 1660. The Balaban J connectivity index is 1.28. The lowest BCUT2D eigenvalue weighted by atomic mass is 9.98. The van der Waals surface area contributed by atoms with Gasteiger partial charge in [-0.25, -0.2) is 14.2 Å². The normalized spacial score (nSPS) is 18.4. The van der Waals surface area contributed by atoms with E-state index in [-0.39, 0.29) is 30.3 Å². The minimum atomic E-state index is -0.371. The van der Waals surface area contributed by atoms with Crippen LogP contribution < -0.4 is 5.32 Å². The van der Waals surface area contributed by atoms with Crippen molar-refractivity contribution < 1.29 is 19.1 Å². The Morgan fingerprint density at radius 1 is 1.13 bits per heavy atom. The van der Waals surface area contributed by atoms with Crippen LogP contribution in [0.1, 0.15) is 29.7 Å². The van der Waals surface area contributed by atoms with Gasteiger partial charge >= 0.3 is 6.03 Å². The minimum absolute atomic E-state index is 0.0435. The highest BCUT2D eigenvalue weighted by Crippen LogP contribution is 2.38. The number of likely N-dealkylation sites (tertiary alicyclic amines) is 1. The van der Waals surface area contributed by atoms with E-state index >= 15 is 4.39 Å². The van der Waals surface area contributed by atoms with E-state index in [0.29, 0.717) is 50.5 Å². The van der Waals surface area contributed by atoms with Crippen LogP contribution >= 0.6 is 0 Å². The summed E-state index contributed by atoms with van der Waals surface area (Å²) in [5, 5.41) is 13.1. The lowest BCUT2D eigenvalue weighted by Crippen LogP contribution is -2.47. The Morgan fingerprint density at radius 3 is 2.79 bits per heavy atom. The molecule has 0 spiro atoms. The molecule has 3 amide bonds. The number of urea groups is 1. The molecule has 9 nitrogen and oxygen atoms in total. The van der Waals surface area contributed by atoms with Gasteiger partial charge in [-0.3, -0.25) is 9.20 Å². The van der Waals surface area contributed by atoms with Crippen molar-refractivity contribution in [3.63, 3.8) is 0 Å². The van der Waals surface area contributed by atoms with E-state index in [1.54, 1.807) is 11.1 Å². The molecule has 2 N–H and O–H groups in total. The maximum Gasteiger partial charge on any atom is 0.320 e. The van der Waals surface area contributed by atoms with Crippen LogP contribution in [0, 0.1) is 11.7 Å². The zero-order chi connectivity index (χ0) is 26.7. The van der Waals surface area contributed by atoms with E-state index in [2.05, 4.69) is 14.9 Å². The molecule has 200 valence electrons. The third-order valence-electron chi connectivity index (χ3n) is 8.35. The summed E-state index contributed by atoms with van der Waals surface area (Å²) in [6, 6.07) is 8.69. The lowest BCUT2D eigenvalue weighted by molar-refractivity contribution is -0.114. The number of amides is 3. The topological polar surface area (TPSA) is 95.1 Å². The van der Waals surface area contributed by atoms with Gasteiger partial charge in [0.1, 0.15) is 11.5 Å². The van der Waals surface area contributed by atoms with Gasteiger partial charge in [0, 0.05) is 69.2 Å². The zero-order valence-corrected chi connectivity index (χ0v) is 21.4. The first kappa shape index (κ1) is 23.9. The summed E-state index contributed by atoms with van der Waals surface area (Å²) in [5.74, 6) is -0.303. The summed E-state index contributed by atoms with van der Waals surface area (Å²) >= 11 is 0. The smallest absolute Gasteiger partial charge is 0.320 e. The fraction of sp³-hybridized carbons (Fsp3) is 0.345. The largest absolute Gasteiger partial charge is 0.396 e. The molecular weight excluding hydrogens is 499 g/mol. The number of nitrogens with zero attached hydrogens (tertiary/aromatic N) is 5. The van der Waals surface area contributed by atoms with Crippen LogP contribution in [0.25, 0.3) is 27.7 Å². The number of carbonyl (C=O) groups is 2. The number of hydrogen-bond acceptors (Lipinski definition) is 4. The SMILES string of the molecule is O=C1NCC(c2cn3c4c(cc(F)cc24)CN(C(=O)N2CCC(CO)CC2)CC3)=C1c1cnc2ccccn12. The predicted molar refractivity (Wildman–Crippen MR) is 144 cm³/mol. The number of benzene rings is 1. The van der Waals surface area contributed by atoms with Crippen LogP contribution in [0.2, 0.25) is 0 Å². The fourth-order valence-corrected chi connectivity index (χ4v) is 6.31. The van der Waals surface area contributed by atoms with E-state index < -0.39 is 0 Å². The van der Waals surface area contributed by atoms with Gasteiger partial charge in [0.05, 0.1) is 23.0 Å². The summed E-state index contributed by atoms with van der Waals surface area (Å²) in [6.45, 7) is 3.11. The fourth-order valence-electron chi connectivity index (χ4n) is 6.31. The number of halogens is 1. The van der Waals surface area contributed by atoms with E-state index in [0.717, 1.165) is 46.1 Å². The molecule has 0 bridgehead atoms. The molecule has 3 aliphatic rings. The first-order chi connectivity index (χ1) is 19.0. The molecule has 1 fully saturated rings. The Hall–Kier alpha value is -4.18. The third-order valence-corrected chi connectivity index (χ3v) is 8.35. The summed E-state index contributed by atoms with van der Waals surface area (Å²) in [7, 11) is 0. The predicted octanol–water partition coefficient (Wildman–Crippen LogP) is 3.11. The second kappa shape index (κ2) is 9.23. The van der Waals surface area contributed by atoms with Crippen LogP contribution in [0.15, 0.2) is 48.9 Å². The van der Waals surface area contributed by atoms with Crippen molar-refractivity contribution in [2.75, 3.05) is 32.8 Å². The summed E-state index contributed by atoms with van der Waals surface area (Å²) in [4.78, 5) is 34.6. The standard InChI is InChI=1S/C29H29FN6O3/c30-20-11-19-15-35(29(39)33-7-4-18(17-37)5-8-33)10-9-34-16-23(21(12-20)27(19)34)22-13-32-28(38)26(22)24-14-31-25-3-1-2-6-36(24)25/h1-3,6,11-12,14,16,18,37H,4-5,7-10,13,15,17H2,(H,32,38). The second-order valence-corrected chi connectivity index (χ2v) is 10.6. The highest BCUT2D eigenvalue weighted by molar-refractivity contribution is 6.31. The molecule has 0 atom stereocenters. The highest BCUT2D eigenvalue weighted by atomic mass is 19.1. The summed E-state index contributed by atoms with van der Waals surface area (Å²) in [6.07, 6.45) is 7.16. The Morgan fingerprint density at radius 2 is 1.97 bits per heavy atom. The van der Waals surface area contributed by atoms with Gasteiger partial charge in [-0.1, -0.05) is 6.07 Å². The number of carbonyl (C=O) groups excluding carboxylic acids is 2. The molecule has 0 radical (unpaired) electrons. The molecule has 0 unspecified atom stereocenters. The summed E-state index contributed by atoms with van der Waals surface area (Å²) < 4.78 is 19.1. The van der Waals surface area contributed by atoms with Crippen molar-refractivity contribution in [1.82, 2.24) is 29.1 Å². The van der Waals surface area contributed by atoms with Crippen molar-refractivity contribution in [3.05, 3.63) is 71.6 Å². The van der Waals surface area contributed by atoms with Gasteiger partial charge in [0.2, 0.25) is 0 Å². The molecule has 10 heteroatoms. The Kier molecular flexibility index (Phi) is 5.66. The highest BCUT2D eigenvalue weighted by Gasteiger charge is 2.32. The molecule has 1 saturated heterocycles. The van der Waals surface area contributed by atoms with Crippen LogP contribution in [0.3, 0.4) is 0 Å². The molecule has 4 aromatic rings. The molecular formula is C29H29FN6O3. The van der Waals surface area contributed by atoms with Gasteiger partial charge in [-0.2, -0.15) is 0 Å². The number of imidazole rings is 1. The Labute approximate surface area is 224 Å². The van der Waals surface area contributed by atoms with E-state index in [1.807, 2.05) is 39.9 Å². The number of aromatic nitrogens is 3. The van der Waals surface area contributed by atoms with Crippen molar-refractivity contribution in [1.29, 1.82) is 0 Å². The first-order valence-electron chi connectivity index (χ1n) is 13.4. The molecule has 7 rings (SSSR count). The molecule has 3 aromatic heterocycles. The quantitative estimate of drug-likeness (QED) is 0.427. The number of nitrogens with one attached hydrogen (secondary N) is 1. The number of pyridine rings is 1. The monoisotopic (exact) mass is 528 g/mol. The van der Waals surface area contributed by atoms with Crippen molar-refractivity contribution in [2.24, 2.45) is 5.92 Å². The maximum atomic E-state index is 15.1. The number of aliphatic hydroxyl groups excluding tert-OH is 1. The number of rotatable bonds is 3. The molecule has 1 aromatic carbocycles. The van der Waals surface area contributed by atoms with Gasteiger partial charge in [-0.05, 0) is 54.2 Å². The van der Waals surface area contributed by atoms with Gasteiger partial charge < -0.3 is 24.8 Å². The van der Waals surface area contributed by atoms with Crippen molar-refractivity contribution in [2.45, 2.75) is 25.9 Å². The van der Waals surface area contributed by atoms with Crippen LogP contribution in [-0.4, -0.2) is 73.6 Å². The lowest BCUT2D eigenvalue weighted by Gasteiger charge is -2.35. The van der Waals surface area contributed by atoms with E-state index in [4.69, 9.17) is 0 Å². The average Bonchev–Trinajstić information content (AvgIpc) is 3.61. The first-order valence-corrected chi connectivity index (χ1v) is 13.4. The van der Waals surface area contributed by atoms with Crippen molar-refractivity contribution >= 4 is 39.6 Å². The van der Waals surface area contributed by atoms with E-state index in [9.17, 15) is 14.7 Å². The molecule has 39 heavy (non-hydrogen) atoms. The molecule has 0 saturated carbocycles. The minimum Gasteiger partial charge on any atom is -0.396 e. The number of hydrogen-bond donors (Lipinski definition) is 2. The molecule has 0 aliphatic carbocycles. The average molecular weight is 529 g/mol. The summed E-state index contributed by atoms with van der Waals surface area (Å²) in [5.41, 5.74) is 5.25. The van der Waals surface area contributed by atoms with Crippen LogP contribution in [0.5, 0.6) is 0 Å². The van der Waals surface area contributed by atoms with E-state index in [1.165, 1.54) is 12.1 Å². The maximum absolute atomic E-state index is 15.1. The second-order valence-electron chi connectivity index (χ2n) is 10.6. The molecule has 3 aliphatic heterocycles. The number of fused-ring (bicyclic) bond motifs is 1. The molecule has 6 heterocycles. The van der Waals surface area contributed by atoms with Gasteiger partial charge in [-0.15, -0.1) is 0 Å².